The molecular weight excluding hydrogens is 194 g/mol. The second-order valence-electron chi connectivity index (χ2n) is 5.05. The maximum atomic E-state index is 4.56. The number of hydrogen-bond donors (Lipinski definition) is 0. The molecule has 0 spiro atoms. The van der Waals surface area contributed by atoms with Gasteiger partial charge in [0.2, 0.25) is 0 Å². The van der Waals surface area contributed by atoms with Gasteiger partial charge in [0.1, 0.15) is 0 Å². The van der Waals surface area contributed by atoms with Crippen LogP contribution in [0.4, 0.5) is 5.69 Å². The first-order valence-electron chi connectivity index (χ1n) is 6.10. The van der Waals surface area contributed by atoms with Gasteiger partial charge in [-0.25, -0.2) is 0 Å². The molecule has 0 aromatic heterocycles. The SMILES string of the molecule is CC1=Nc2ccc(C)cc2C1(C)C.CCC. The van der Waals surface area contributed by atoms with Crippen molar-refractivity contribution < 1.29 is 0 Å². The average molecular weight is 217 g/mol. The van der Waals surface area contributed by atoms with Crippen LogP contribution in [0.3, 0.4) is 0 Å². The predicted octanol–water partition coefficient (Wildman–Crippen LogP) is 4.79. The molecule has 0 unspecified atom stereocenters. The molecule has 1 aliphatic heterocycles. The minimum Gasteiger partial charge on any atom is -0.257 e. The van der Waals surface area contributed by atoms with Crippen molar-refractivity contribution in [3.8, 4) is 0 Å². The lowest BCUT2D eigenvalue weighted by atomic mass is 9.82. The van der Waals surface area contributed by atoms with Crippen LogP contribution in [0.1, 0.15) is 52.2 Å². The van der Waals surface area contributed by atoms with Gasteiger partial charge in [-0.15, -0.1) is 0 Å². The summed E-state index contributed by atoms with van der Waals surface area (Å²) in [5.74, 6) is 0. The average Bonchev–Trinajstić information content (AvgIpc) is 2.41. The topological polar surface area (TPSA) is 12.4 Å². The normalized spacial score (nSPS) is 16.0. The monoisotopic (exact) mass is 217 g/mol. The first-order chi connectivity index (χ1) is 7.43. The third kappa shape index (κ3) is 2.34. The third-order valence-electron chi connectivity index (χ3n) is 3.02. The summed E-state index contributed by atoms with van der Waals surface area (Å²) >= 11 is 0. The minimum absolute atomic E-state index is 0.126. The molecule has 0 aliphatic carbocycles. The quantitative estimate of drug-likeness (QED) is 0.592. The van der Waals surface area contributed by atoms with Gasteiger partial charge in [-0.3, -0.25) is 4.99 Å². The Morgan fingerprint density at radius 1 is 1.12 bits per heavy atom. The van der Waals surface area contributed by atoms with Crippen LogP contribution in [-0.2, 0) is 5.41 Å². The first kappa shape index (κ1) is 13.0. The lowest BCUT2D eigenvalue weighted by Gasteiger charge is -2.20. The summed E-state index contributed by atoms with van der Waals surface area (Å²) in [6.07, 6.45) is 1.25. The summed E-state index contributed by atoms with van der Waals surface area (Å²) in [6, 6.07) is 6.48. The molecule has 1 nitrogen and oxygen atoms in total. The van der Waals surface area contributed by atoms with E-state index in [0.717, 1.165) is 5.69 Å². The van der Waals surface area contributed by atoms with Crippen LogP contribution in [0.15, 0.2) is 23.2 Å². The zero-order valence-corrected chi connectivity index (χ0v) is 11.4. The van der Waals surface area contributed by atoms with Gasteiger partial charge in [0, 0.05) is 11.1 Å². The lowest BCUT2D eigenvalue weighted by molar-refractivity contribution is 0.732. The summed E-state index contributed by atoms with van der Waals surface area (Å²) in [5.41, 5.74) is 5.17. The van der Waals surface area contributed by atoms with Crippen molar-refractivity contribution in [1.82, 2.24) is 0 Å². The van der Waals surface area contributed by atoms with Crippen LogP contribution in [0, 0.1) is 6.92 Å². The van der Waals surface area contributed by atoms with Gasteiger partial charge in [0.25, 0.3) is 0 Å². The molecule has 1 aliphatic rings. The van der Waals surface area contributed by atoms with E-state index in [1.165, 1.54) is 23.3 Å². The van der Waals surface area contributed by atoms with E-state index in [1.54, 1.807) is 0 Å². The van der Waals surface area contributed by atoms with Crippen molar-refractivity contribution in [2.75, 3.05) is 0 Å². The van der Waals surface area contributed by atoms with Crippen molar-refractivity contribution in [3.63, 3.8) is 0 Å². The van der Waals surface area contributed by atoms with Gasteiger partial charge in [-0.05, 0) is 25.5 Å². The number of benzene rings is 1. The summed E-state index contributed by atoms with van der Waals surface area (Å²) in [4.78, 5) is 4.56. The highest BCUT2D eigenvalue weighted by molar-refractivity contribution is 5.99. The zero-order valence-electron chi connectivity index (χ0n) is 11.4. The fourth-order valence-electron chi connectivity index (χ4n) is 1.76. The van der Waals surface area contributed by atoms with E-state index in [4.69, 9.17) is 0 Å². The highest BCUT2D eigenvalue weighted by Crippen LogP contribution is 2.39. The van der Waals surface area contributed by atoms with E-state index in [2.05, 4.69) is 64.7 Å². The Kier molecular flexibility index (Phi) is 3.90. The van der Waals surface area contributed by atoms with Crippen LogP contribution in [0.5, 0.6) is 0 Å². The van der Waals surface area contributed by atoms with Crippen LogP contribution in [0.2, 0.25) is 0 Å². The number of rotatable bonds is 0. The number of aliphatic imine (C=N–C) groups is 1. The van der Waals surface area contributed by atoms with E-state index < -0.39 is 0 Å². The molecule has 2 rings (SSSR count). The molecule has 1 aromatic rings. The number of hydrogen-bond acceptors (Lipinski definition) is 1. The Labute approximate surface area is 99.6 Å². The van der Waals surface area contributed by atoms with Gasteiger partial charge < -0.3 is 0 Å². The Bertz CT molecular complexity index is 400. The Hall–Kier alpha value is -1.11. The molecule has 0 atom stereocenters. The lowest BCUT2D eigenvalue weighted by Crippen LogP contribution is -2.22. The number of fused-ring (bicyclic) bond motifs is 1. The zero-order chi connectivity index (χ0) is 12.3. The summed E-state index contributed by atoms with van der Waals surface area (Å²) in [6.45, 7) is 13.0. The summed E-state index contributed by atoms with van der Waals surface area (Å²) in [7, 11) is 0. The smallest absolute Gasteiger partial charge is 0.0670 e. The summed E-state index contributed by atoms with van der Waals surface area (Å²) in [5, 5.41) is 0. The molecule has 1 heterocycles. The van der Waals surface area contributed by atoms with Crippen molar-refractivity contribution in [2.45, 2.75) is 53.4 Å². The molecule has 0 bridgehead atoms. The minimum atomic E-state index is 0.126. The van der Waals surface area contributed by atoms with Gasteiger partial charge in [-0.2, -0.15) is 0 Å². The van der Waals surface area contributed by atoms with Crippen LogP contribution in [-0.4, -0.2) is 5.71 Å². The van der Waals surface area contributed by atoms with Crippen LogP contribution in [0.25, 0.3) is 0 Å². The standard InChI is InChI=1S/C12H15N.C3H8/c1-8-5-6-11-10(7-8)12(3,4)9(2)13-11;1-3-2/h5-7H,1-4H3;3H2,1-2H3. The van der Waals surface area contributed by atoms with E-state index >= 15 is 0 Å². The highest BCUT2D eigenvalue weighted by Gasteiger charge is 2.31. The molecule has 0 fully saturated rings. The van der Waals surface area contributed by atoms with Gasteiger partial charge in [0.15, 0.2) is 0 Å². The molecule has 1 aromatic carbocycles. The van der Waals surface area contributed by atoms with Gasteiger partial charge in [-0.1, -0.05) is 51.8 Å². The molecule has 0 amide bonds. The van der Waals surface area contributed by atoms with Crippen molar-refractivity contribution in [2.24, 2.45) is 4.99 Å². The molecule has 0 saturated heterocycles. The molecule has 1 heteroatoms. The van der Waals surface area contributed by atoms with Crippen molar-refractivity contribution in [3.05, 3.63) is 29.3 Å². The largest absolute Gasteiger partial charge is 0.257 e. The Morgan fingerprint density at radius 3 is 2.25 bits per heavy atom. The molecule has 0 saturated carbocycles. The highest BCUT2D eigenvalue weighted by atomic mass is 14.8. The van der Waals surface area contributed by atoms with Crippen LogP contribution < -0.4 is 0 Å². The fraction of sp³-hybridized carbons (Fsp3) is 0.533. The maximum Gasteiger partial charge on any atom is 0.0670 e. The van der Waals surface area contributed by atoms with E-state index in [9.17, 15) is 0 Å². The molecule has 0 N–H and O–H groups in total. The van der Waals surface area contributed by atoms with E-state index in [0.29, 0.717) is 0 Å². The number of aryl methyl sites for hydroxylation is 1. The van der Waals surface area contributed by atoms with E-state index in [-0.39, 0.29) is 5.41 Å². The molecule has 16 heavy (non-hydrogen) atoms. The summed E-state index contributed by atoms with van der Waals surface area (Å²) < 4.78 is 0. The number of nitrogens with zero attached hydrogens (tertiary/aromatic N) is 1. The Balaban J connectivity index is 0.000000386. The van der Waals surface area contributed by atoms with Gasteiger partial charge >= 0.3 is 0 Å². The van der Waals surface area contributed by atoms with E-state index in [1.807, 2.05) is 0 Å². The molecule has 88 valence electrons. The Morgan fingerprint density at radius 2 is 1.69 bits per heavy atom. The van der Waals surface area contributed by atoms with Crippen molar-refractivity contribution in [1.29, 1.82) is 0 Å². The predicted molar refractivity (Wildman–Crippen MR) is 72.9 cm³/mol. The van der Waals surface area contributed by atoms with Crippen molar-refractivity contribution >= 4 is 11.4 Å². The van der Waals surface area contributed by atoms with Gasteiger partial charge in [0.05, 0.1) is 5.69 Å². The van der Waals surface area contributed by atoms with Crippen LogP contribution >= 0.6 is 0 Å². The second kappa shape index (κ2) is 4.82. The second-order valence-corrected chi connectivity index (χ2v) is 5.05. The third-order valence-corrected chi connectivity index (χ3v) is 3.02. The molecule has 0 radical (unpaired) electrons. The first-order valence-corrected chi connectivity index (χ1v) is 6.10. The maximum absolute atomic E-state index is 4.56. The molecular formula is C15H23N. The fourth-order valence-corrected chi connectivity index (χ4v) is 1.76.